The first-order valence-corrected chi connectivity index (χ1v) is 13.2. The molecule has 4 aromatic rings. The van der Waals surface area contributed by atoms with Crippen molar-refractivity contribution in [1.29, 1.82) is 0 Å². The van der Waals surface area contributed by atoms with Gasteiger partial charge in [-0.15, -0.1) is 0 Å². The van der Waals surface area contributed by atoms with E-state index in [4.69, 9.17) is 4.74 Å². The first-order chi connectivity index (χ1) is 18.9. The molecular weight excluding hydrogens is 493 g/mol. The van der Waals surface area contributed by atoms with Gasteiger partial charge in [0.2, 0.25) is 5.95 Å². The monoisotopic (exact) mass is 527 g/mol. The Morgan fingerprint density at radius 2 is 1.69 bits per heavy atom. The zero-order chi connectivity index (χ0) is 27.8. The fourth-order valence-corrected chi connectivity index (χ4v) is 4.14. The topological polar surface area (TPSA) is 79.4 Å². The molecule has 0 fully saturated rings. The van der Waals surface area contributed by atoms with E-state index in [0.717, 1.165) is 42.1 Å². The number of hydrogen-bond acceptors (Lipinski definition) is 6. The van der Waals surface area contributed by atoms with Gasteiger partial charge in [0.25, 0.3) is 5.91 Å². The first kappa shape index (κ1) is 27.7. The Hall–Kier alpha value is -4.30. The first-order valence-electron chi connectivity index (χ1n) is 13.2. The highest BCUT2D eigenvalue weighted by Crippen LogP contribution is 2.29. The highest BCUT2D eigenvalue weighted by molar-refractivity contribution is 6.04. The number of hydrogen-bond donors (Lipinski definition) is 2. The Balaban J connectivity index is 1.47. The minimum Gasteiger partial charge on any atom is -0.490 e. The van der Waals surface area contributed by atoms with E-state index < -0.39 is 0 Å². The average molecular weight is 528 g/mol. The fourth-order valence-electron chi connectivity index (χ4n) is 4.14. The molecule has 0 saturated heterocycles. The number of carbonyl (C=O) groups excluding carboxylic acids is 1. The van der Waals surface area contributed by atoms with Gasteiger partial charge in [0.1, 0.15) is 11.5 Å². The van der Waals surface area contributed by atoms with Gasteiger partial charge in [-0.2, -0.15) is 0 Å². The third-order valence-corrected chi connectivity index (χ3v) is 6.43. The second-order valence-corrected chi connectivity index (χ2v) is 9.11. The maximum Gasteiger partial charge on any atom is 0.255 e. The van der Waals surface area contributed by atoms with Gasteiger partial charge in [0.05, 0.1) is 12.8 Å². The molecule has 1 aromatic heterocycles. The molecule has 0 spiro atoms. The third-order valence-electron chi connectivity index (χ3n) is 6.43. The van der Waals surface area contributed by atoms with Crippen molar-refractivity contribution in [2.45, 2.75) is 34.2 Å². The largest absolute Gasteiger partial charge is 0.490 e. The Kier molecular flexibility index (Phi) is 9.22. The van der Waals surface area contributed by atoms with Crippen LogP contribution in [0.1, 0.15) is 42.3 Å². The zero-order valence-corrected chi connectivity index (χ0v) is 22.8. The van der Waals surface area contributed by atoms with E-state index in [-0.39, 0.29) is 11.7 Å². The van der Waals surface area contributed by atoms with Crippen molar-refractivity contribution in [3.63, 3.8) is 0 Å². The zero-order valence-electron chi connectivity index (χ0n) is 22.8. The number of halogens is 1. The van der Waals surface area contributed by atoms with E-state index in [9.17, 15) is 9.18 Å². The van der Waals surface area contributed by atoms with Crippen molar-refractivity contribution in [1.82, 2.24) is 14.9 Å². The van der Waals surface area contributed by atoms with Crippen molar-refractivity contribution in [3.8, 4) is 17.0 Å². The lowest BCUT2D eigenvalue weighted by Crippen LogP contribution is -2.22. The molecule has 39 heavy (non-hydrogen) atoms. The molecule has 1 amide bonds. The van der Waals surface area contributed by atoms with Crippen LogP contribution in [-0.4, -0.2) is 40.5 Å². The fraction of sp³-hybridized carbons (Fsp3) is 0.258. The molecule has 0 aliphatic heterocycles. The van der Waals surface area contributed by atoms with E-state index in [1.54, 1.807) is 42.6 Å². The summed E-state index contributed by atoms with van der Waals surface area (Å²) < 4.78 is 19.1. The number of aryl methyl sites for hydroxylation is 1. The summed E-state index contributed by atoms with van der Waals surface area (Å²) in [6.45, 7) is 11.4. The molecule has 0 radical (unpaired) electrons. The lowest BCUT2D eigenvalue weighted by atomic mass is 10.1. The minimum atomic E-state index is -0.323. The van der Waals surface area contributed by atoms with Gasteiger partial charge in [0.15, 0.2) is 5.75 Å². The summed E-state index contributed by atoms with van der Waals surface area (Å²) in [4.78, 5) is 24.3. The smallest absolute Gasteiger partial charge is 0.255 e. The summed E-state index contributed by atoms with van der Waals surface area (Å²) in [5.74, 6) is 0.366. The lowest BCUT2D eigenvalue weighted by molar-refractivity contribution is 0.102. The summed E-state index contributed by atoms with van der Waals surface area (Å²) >= 11 is 0. The normalized spacial score (nSPS) is 10.9. The third kappa shape index (κ3) is 7.18. The van der Waals surface area contributed by atoms with E-state index in [2.05, 4.69) is 45.4 Å². The summed E-state index contributed by atoms with van der Waals surface area (Å²) in [5, 5.41) is 6.22. The molecule has 7 nitrogen and oxygen atoms in total. The van der Waals surface area contributed by atoms with Gasteiger partial charge < -0.3 is 15.4 Å². The van der Waals surface area contributed by atoms with Gasteiger partial charge in [-0.25, -0.2) is 14.4 Å². The SMILES string of the molecule is CCOc1cnc(Nc2ccc(C(=O)Nc3cc(CN(CC)CC)ccc3C)cc2)nc1-c1ccc(F)cc1. The Morgan fingerprint density at radius 1 is 0.974 bits per heavy atom. The van der Waals surface area contributed by atoms with Crippen LogP contribution < -0.4 is 15.4 Å². The second-order valence-electron chi connectivity index (χ2n) is 9.11. The number of nitrogens with one attached hydrogen (secondary N) is 2. The predicted molar refractivity (Wildman–Crippen MR) is 154 cm³/mol. The van der Waals surface area contributed by atoms with Crippen molar-refractivity contribution >= 4 is 23.2 Å². The summed E-state index contributed by atoms with van der Waals surface area (Å²) in [6.07, 6.45) is 1.59. The summed E-state index contributed by atoms with van der Waals surface area (Å²) in [6, 6.07) is 19.4. The average Bonchev–Trinajstić information content (AvgIpc) is 2.95. The summed E-state index contributed by atoms with van der Waals surface area (Å²) in [7, 11) is 0. The van der Waals surface area contributed by atoms with Gasteiger partial charge >= 0.3 is 0 Å². The van der Waals surface area contributed by atoms with Crippen molar-refractivity contribution in [3.05, 3.63) is 95.4 Å². The van der Waals surface area contributed by atoms with Crippen molar-refractivity contribution < 1.29 is 13.9 Å². The molecule has 3 aromatic carbocycles. The van der Waals surface area contributed by atoms with E-state index in [1.807, 2.05) is 26.0 Å². The second kappa shape index (κ2) is 13.0. The van der Waals surface area contributed by atoms with Gasteiger partial charge in [-0.3, -0.25) is 9.69 Å². The molecule has 0 atom stereocenters. The maximum atomic E-state index is 13.4. The van der Waals surface area contributed by atoms with Crippen LogP contribution in [0.4, 0.5) is 21.7 Å². The Bertz CT molecular complexity index is 1400. The number of rotatable bonds is 11. The highest BCUT2D eigenvalue weighted by Gasteiger charge is 2.13. The molecule has 202 valence electrons. The van der Waals surface area contributed by atoms with Gasteiger partial charge in [-0.1, -0.05) is 26.0 Å². The molecule has 8 heteroatoms. The molecule has 0 aliphatic carbocycles. The number of benzene rings is 3. The van der Waals surface area contributed by atoms with Crippen LogP contribution in [0.3, 0.4) is 0 Å². The van der Waals surface area contributed by atoms with Crippen molar-refractivity contribution in [2.75, 3.05) is 30.3 Å². The molecular formula is C31H34FN5O2. The molecule has 4 rings (SSSR count). The highest BCUT2D eigenvalue weighted by atomic mass is 19.1. The number of nitrogens with zero attached hydrogens (tertiary/aromatic N) is 3. The molecule has 0 aliphatic rings. The van der Waals surface area contributed by atoms with E-state index in [1.165, 1.54) is 12.1 Å². The molecule has 0 unspecified atom stereocenters. The van der Waals surface area contributed by atoms with Crippen LogP contribution in [0.5, 0.6) is 5.75 Å². The molecule has 1 heterocycles. The lowest BCUT2D eigenvalue weighted by Gasteiger charge is -2.19. The molecule has 0 saturated carbocycles. The minimum absolute atomic E-state index is 0.180. The summed E-state index contributed by atoms with van der Waals surface area (Å²) in [5.41, 5.74) is 5.51. The van der Waals surface area contributed by atoms with Crippen molar-refractivity contribution in [2.24, 2.45) is 0 Å². The Labute approximate surface area is 229 Å². The number of ether oxygens (including phenoxy) is 1. The van der Waals surface area contributed by atoms with E-state index in [0.29, 0.717) is 35.1 Å². The van der Waals surface area contributed by atoms with Crippen LogP contribution >= 0.6 is 0 Å². The molecule has 0 bridgehead atoms. The standard InChI is InChI=1S/C31H34FN5O2/c1-5-37(6-2)20-22-9-8-21(4)27(18-22)35-30(38)24-12-16-26(17-13-24)34-31-33-19-28(39-7-3)29(36-31)23-10-14-25(32)15-11-23/h8-19H,5-7,20H2,1-4H3,(H,35,38)(H,33,34,36). The van der Waals surface area contributed by atoms with Gasteiger partial charge in [0, 0.05) is 29.0 Å². The number of aromatic nitrogens is 2. The van der Waals surface area contributed by atoms with Crippen LogP contribution in [0, 0.1) is 12.7 Å². The number of carbonyl (C=O) groups is 1. The Morgan fingerprint density at radius 3 is 2.36 bits per heavy atom. The molecule has 2 N–H and O–H groups in total. The maximum absolute atomic E-state index is 13.4. The quantitative estimate of drug-likeness (QED) is 0.223. The van der Waals surface area contributed by atoms with Crippen LogP contribution in [0.15, 0.2) is 72.9 Å². The van der Waals surface area contributed by atoms with Crippen LogP contribution in [-0.2, 0) is 6.54 Å². The van der Waals surface area contributed by atoms with Crippen LogP contribution in [0.2, 0.25) is 0 Å². The number of anilines is 3. The number of amides is 1. The predicted octanol–water partition coefficient (Wildman–Crippen LogP) is 6.83. The van der Waals surface area contributed by atoms with E-state index >= 15 is 0 Å². The van der Waals surface area contributed by atoms with Gasteiger partial charge in [-0.05, 0) is 92.7 Å². The van der Waals surface area contributed by atoms with Crippen LogP contribution in [0.25, 0.3) is 11.3 Å².